The summed E-state index contributed by atoms with van der Waals surface area (Å²) in [6.45, 7) is 0. The van der Waals surface area contributed by atoms with Gasteiger partial charge < -0.3 is 10.6 Å². The zero-order valence-electron chi connectivity index (χ0n) is 13.0. The Morgan fingerprint density at radius 3 is 2.33 bits per heavy atom. The van der Waals surface area contributed by atoms with Crippen LogP contribution >= 0.6 is 0 Å². The van der Waals surface area contributed by atoms with E-state index in [1.807, 2.05) is 0 Å². The average molecular weight is 348 g/mol. The van der Waals surface area contributed by atoms with Crippen LogP contribution in [0.1, 0.15) is 18.4 Å². The molecule has 1 fully saturated rings. The predicted octanol–water partition coefficient (Wildman–Crippen LogP) is 3.04. The molecule has 7 heteroatoms. The molecule has 0 atom stereocenters. The number of rotatable bonds is 4. The van der Waals surface area contributed by atoms with Gasteiger partial charge in [0.05, 0.1) is 10.4 Å². The normalized spacial score (nSPS) is 15.6. The molecule has 0 aliphatic heterocycles. The van der Waals surface area contributed by atoms with Crippen LogP contribution in [0.4, 0.5) is 14.9 Å². The van der Waals surface area contributed by atoms with E-state index in [4.69, 9.17) is 0 Å². The van der Waals surface area contributed by atoms with Crippen molar-refractivity contribution in [1.82, 2.24) is 5.32 Å². The fourth-order valence-corrected chi connectivity index (χ4v) is 3.19. The maximum atomic E-state index is 13.4. The van der Waals surface area contributed by atoms with Crippen LogP contribution in [-0.4, -0.2) is 20.7 Å². The molecule has 0 saturated heterocycles. The van der Waals surface area contributed by atoms with Gasteiger partial charge in [0.15, 0.2) is 9.84 Å². The lowest BCUT2D eigenvalue weighted by molar-refractivity contribution is 0.247. The van der Waals surface area contributed by atoms with Crippen LogP contribution in [0.5, 0.6) is 0 Å². The summed E-state index contributed by atoms with van der Waals surface area (Å²) in [5.74, 6) is -0.336. The van der Waals surface area contributed by atoms with Crippen LogP contribution < -0.4 is 10.6 Å². The first-order valence-corrected chi connectivity index (χ1v) is 9.33. The summed E-state index contributed by atoms with van der Waals surface area (Å²) in [6, 6.07) is 11.7. The van der Waals surface area contributed by atoms with Gasteiger partial charge in [-0.15, -0.1) is 0 Å². The van der Waals surface area contributed by atoms with E-state index in [-0.39, 0.29) is 10.7 Å². The van der Waals surface area contributed by atoms with Crippen molar-refractivity contribution in [3.8, 4) is 0 Å². The summed E-state index contributed by atoms with van der Waals surface area (Å²) in [6.07, 6.45) is 2.62. The minimum atomic E-state index is -3.27. The van der Waals surface area contributed by atoms with Crippen LogP contribution in [0.25, 0.3) is 0 Å². The molecule has 0 heterocycles. The standard InChI is InChI=1S/C17H17FN2O3S/c1-24(22,23)15-7-5-14(6-8-15)19-16(21)20-17(9-10-17)12-3-2-4-13(18)11-12/h2-8,11H,9-10H2,1H3,(H2,19,20,21). The van der Waals surface area contributed by atoms with Gasteiger partial charge in [0.25, 0.3) is 0 Å². The number of hydrogen-bond donors (Lipinski definition) is 2. The summed E-state index contributed by atoms with van der Waals surface area (Å²) >= 11 is 0. The Labute approximate surface area is 139 Å². The number of urea groups is 1. The molecular weight excluding hydrogens is 331 g/mol. The van der Waals surface area contributed by atoms with E-state index in [2.05, 4.69) is 10.6 Å². The predicted molar refractivity (Wildman–Crippen MR) is 89.0 cm³/mol. The highest BCUT2D eigenvalue weighted by molar-refractivity contribution is 7.90. The Morgan fingerprint density at radius 1 is 1.12 bits per heavy atom. The zero-order valence-corrected chi connectivity index (χ0v) is 13.9. The fourth-order valence-electron chi connectivity index (χ4n) is 2.56. The van der Waals surface area contributed by atoms with E-state index in [0.29, 0.717) is 5.69 Å². The molecule has 2 amide bonds. The largest absolute Gasteiger partial charge is 0.328 e. The molecule has 24 heavy (non-hydrogen) atoms. The van der Waals surface area contributed by atoms with Crippen LogP contribution in [-0.2, 0) is 15.4 Å². The maximum absolute atomic E-state index is 13.4. The first-order valence-electron chi connectivity index (χ1n) is 7.44. The monoisotopic (exact) mass is 348 g/mol. The summed E-state index contributed by atoms with van der Waals surface area (Å²) < 4.78 is 36.2. The number of nitrogens with one attached hydrogen (secondary N) is 2. The van der Waals surface area contributed by atoms with Crippen LogP contribution in [0.3, 0.4) is 0 Å². The van der Waals surface area contributed by atoms with Gasteiger partial charge in [-0.2, -0.15) is 0 Å². The van der Waals surface area contributed by atoms with Gasteiger partial charge >= 0.3 is 6.03 Å². The summed E-state index contributed by atoms with van der Waals surface area (Å²) in [4.78, 5) is 12.4. The molecule has 0 radical (unpaired) electrons. The summed E-state index contributed by atoms with van der Waals surface area (Å²) in [7, 11) is -3.27. The minimum Gasteiger partial charge on any atom is -0.328 e. The summed E-state index contributed by atoms with van der Waals surface area (Å²) in [5.41, 5.74) is 0.693. The van der Waals surface area contributed by atoms with Gasteiger partial charge in [0.1, 0.15) is 5.82 Å². The Kier molecular flexibility index (Phi) is 4.04. The molecule has 2 N–H and O–H groups in total. The van der Waals surface area contributed by atoms with E-state index in [9.17, 15) is 17.6 Å². The molecule has 2 aromatic carbocycles. The van der Waals surface area contributed by atoms with Gasteiger partial charge in [-0.05, 0) is 54.8 Å². The van der Waals surface area contributed by atoms with E-state index in [1.54, 1.807) is 12.1 Å². The second kappa shape index (κ2) is 5.90. The fraction of sp³-hybridized carbons (Fsp3) is 0.235. The second-order valence-corrected chi connectivity index (χ2v) is 7.98. The minimum absolute atomic E-state index is 0.187. The third-order valence-electron chi connectivity index (χ3n) is 4.02. The van der Waals surface area contributed by atoms with Gasteiger partial charge in [-0.25, -0.2) is 17.6 Å². The Balaban J connectivity index is 1.68. The van der Waals surface area contributed by atoms with Gasteiger partial charge in [-0.1, -0.05) is 12.1 Å². The highest BCUT2D eigenvalue weighted by atomic mass is 32.2. The van der Waals surface area contributed by atoms with Crippen molar-refractivity contribution < 1.29 is 17.6 Å². The number of benzene rings is 2. The number of hydrogen-bond acceptors (Lipinski definition) is 3. The highest BCUT2D eigenvalue weighted by Crippen LogP contribution is 2.45. The topological polar surface area (TPSA) is 75.3 Å². The van der Waals surface area contributed by atoms with Gasteiger partial charge in [-0.3, -0.25) is 0 Å². The molecule has 1 aliphatic rings. The lowest BCUT2D eigenvalue weighted by atomic mass is 10.1. The van der Waals surface area contributed by atoms with Crippen LogP contribution in [0, 0.1) is 5.82 Å². The third-order valence-corrected chi connectivity index (χ3v) is 5.15. The molecule has 126 valence electrons. The number of halogens is 1. The molecule has 3 rings (SSSR count). The second-order valence-electron chi connectivity index (χ2n) is 5.97. The Hall–Kier alpha value is -2.41. The van der Waals surface area contributed by atoms with Crippen LogP contribution in [0.2, 0.25) is 0 Å². The quantitative estimate of drug-likeness (QED) is 0.892. The molecule has 0 spiro atoms. The molecule has 1 saturated carbocycles. The van der Waals surface area contributed by atoms with E-state index < -0.39 is 21.4 Å². The number of amides is 2. The number of carbonyl (C=O) groups is 1. The molecule has 1 aliphatic carbocycles. The SMILES string of the molecule is CS(=O)(=O)c1ccc(NC(=O)NC2(c3cccc(F)c3)CC2)cc1. The van der Waals surface area contributed by atoms with Crippen LogP contribution in [0.15, 0.2) is 53.4 Å². The molecule has 0 unspecified atom stereocenters. The van der Waals surface area contributed by atoms with Crippen molar-refractivity contribution in [1.29, 1.82) is 0 Å². The Morgan fingerprint density at radius 2 is 1.79 bits per heavy atom. The number of anilines is 1. The van der Waals surface area contributed by atoms with E-state index in [1.165, 1.54) is 36.4 Å². The van der Waals surface area contributed by atoms with Crippen molar-refractivity contribution in [3.05, 3.63) is 59.9 Å². The van der Waals surface area contributed by atoms with Crippen molar-refractivity contribution in [2.75, 3.05) is 11.6 Å². The van der Waals surface area contributed by atoms with Crippen molar-refractivity contribution >= 4 is 21.6 Å². The lowest BCUT2D eigenvalue weighted by Crippen LogP contribution is -2.38. The zero-order chi connectivity index (χ0) is 17.4. The molecular formula is C17H17FN2O3S. The molecule has 2 aromatic rings. The first-order chi connectivity index (χ1) is 11.3. The number of sulfone groups is 1. The van der Waals surface area contributed by atoms with E-state index >= 15 is 0 Å². The van der Waals surface area contributed by atoms with Crippen molar-refractivity contribution in [2.24, 2.45) is 0 Å². The molecule has 0 aromatic heterocycles. The van der Waals surface area contributed by atoms with Crippen molar-refractivity contribution in [2.45, 2.75) is 23.3 Å². The maximum Gasteiger partial charge on any atom is 0.319 e. The van der Waals surface area contributed by atoms with Gasteiger partial charge in [0.2, 0.25) is 0 Å². The highest BCUT2D eigenvalue weighted by Gasteiger charge is 2.45. The third kappa shape index (κ3) is 3.56. The van der Waals surface area contributed by atoms with Crippen molar-refractivity contribution in [3.63, 3.8) is 0 Å². The van der Waals surface area contributed by atoms with Gasteiger partial charge in [0, 0.05) is 11.9 Å². The average Bonchev–Trinajstić information content (AvgIpc) is 3.27. The number of carbonyl (C=O) groups excluding carboxylic acids is 1. The Bertz CT molecular complexity index is 875. The molecule has 5 nitrogen and oxygen atoms in total. The molecule has 0 bridgehead atoms. The first kappa shape index (κ1) is 16.4. The summed E-state index contributed by atoms with van der Waals surface area (Å²) in [5, 5.41) is 5.53. The van der Waals surface area contributed by atoms with E-state index in [0.717, 1.165) is 24.7 Å². The lowest BCUT2D eigenvalue weighted by Gasteiger charge is -2.18. The smallest absolute Gasteiger partial charge is 0.319 e.